The van der Waals surface area contributed by atoms with Crippen LogP contribution in [0.3, 0.4) is 0 Å². The van der Waals surface area contributed by atoms with Crippen molar-refractivity contribution in [1.29, 1.82) is 0 Å². The zero-order chi connectivity index (χ0) is 20.5. The van der Waals surface area contributed by atoms with Gasteiger partial charge in [0.2, 0.25) is 0 Å². The molecular formula is C16H10F6N4O2. The van der Waals surface area contributed by atoms with Gasteiger partial charge in [0.15, 0.2) is 5.69 Å². The van der Waals surface area contributed by atoms with Crippen LogP contribution in [0.1, 0.15) is 27.2 Å². The van der Waals surface area contributed by atoms with Gasteiger partial charge in [0.05, 0.1) is 29.6 Å². The maximum absolute atomic E-state index is 13.2. The number of benzene rings is 1. The number of nitrogens with zero attached hydrogens (tertiary/aromatic N) is 3. The maximum atomic E-state index is 13.2. The molecule has 0 aliphatic rings. The second-order valence-corrected chi connectivity index (χ2v) is 5.63. The SMILES string of the molecule is O=C(Nc1cnn(Cc2ccc(C(F)(F)F)cc2C(F)(F)F)c1)c1ccon1. The van der Waals surface area contributed by atoms with Crippen LogP contribution in [0.2, 0.25) is 0 Å². The van der Waals surface area contributed by atoms with Crippen LogP contribution < -0.4 is 5.32 Å². The van der Waals surface area contributed by atoms with Gasteiger partial charge in [-0.1, -0.05) is 11.2 Å². The molecule has 12 heteroatoms. The number of hydrogen-bond donors (Lipinski definition) is 1. The molecule has 1 amide bonds. The van der Waals surface area contributed by atoms with Crippen LogP contribution in [0.5, 0.6) is 0 Å². The van der Waals surface area contributed by atoms with Crippen LogP contribution in [0.25, 0.3) is 0 Å². The molecule has 2 heterocycles. The Morgan fingerprint density at radius 3 is 2.46 bits per heavy atom. The number of amides is 1. The number of hydrogen-bond acceptors (Lipinski definition) is 4. The predicted molar refractivity (Wildman–Crippen MR) is 82.2 cm³/mol. The minimum absolute atomic E-state index is 0.0187. The highest BCUT2D eigenvalue weighted by atomic mass is 19.4. The van der Waals surface area contributed by atoms with Gasteiger partial charge in [-0.3, -0.25) is 9.48 Å². The quantitative estimate of drug-likeness (QED) is 0.662. The molecule has 0 saturated heterocycles. The zero-order valence-electron chi connectivity index (χ0n) is 13.7. The van der Waals surface area contributed by atoms with Crippen molar-refractivity contribution in [1.82, 2.24) is 14.9 Å². The summed E-state index contributed by atoms with van der Waals surface area (Å²) in [6, 6.07) is 2.69. The van der Waals surface area contributed by atoms with Crippen molar-refractivity contribution in [2.24, 2.45) is 0 Å². The van der Waals surface area contributed by atoms with Crippen LogP contribution in [-0.4, -0.2) is 20.8 Å². The van der Waals surface area contributed by atoms with Crippen molar-refractivity contribution in [2.45, 2.75) is 18.9 Å². The van der Waals surface area contributed by atoms with Crippen molar-refractivity contribution in [3.05, 3.63) is 65.3 Å². The summed E-state index contributed by atoms with van der Waals surface area (Å²) >= 11 is 0. The Morgan fingerprint density at radius 2 is 1.86 bits per heavy atom. The summed E-state index contributed by atoms with van der Waals surface area (Å²) in [5.74, 6) is -0.626. The largest absolute Gasteiger partial charge is 0.416 e. The molecule has 1 N–H and O–H groups in total. The number of carbonyl (C=O) groups is 1. The molecule has 0 aliphatic carbocycles. The van der Waals surface area contributed by atoms with Crippen molar-refractivity contribution in [3.63, 3.8) is 0 Å². The lowest BCUT2D eigenvalue weighted by Gasteiger charge is -2.16. The van der Waals surface area contributed by atoms with Gasteiger partial charge in [0.1, 0.15) is 6.26 Å². The molecule has 0 spiro atoms. The summed E-state index contributed by atoms with van der Waals surface area (Å²) in [6.45, 7) is -0.452. The van der Waals surface area contributed by atoms with Crippen molar-refractivity contribution in [3.8, 4) is 0 Å². The van der Waals surface area contributed by atoms with Crippen molar-refractivity contribution >= 4 is 11.6 Å². The van der Waals surface area contributed by atoms with Gasteiger partial charge in [-0.2, -0.15) is 31.4 Å². The molecule has 0 fully saturated rings. The molecule has 0 aliphatic heterocycles. The summed E-state index contributed by atoms with van der Waals surface area (Å²) in [5, 5.41) is 9.64. The third kappa shape index (κ3) is 4.32. The summed E-state index contributed by atoms with van der Waals surface area (Å²) in [6.07, 6.45) is -6.29. The van der Waals surface area contributed by atoms with Crippen molar-refractivity contribution in [2.75, 3.05) is 5.32 Å². The Morgan fingerprint density at radius 1 is 1.11 bits per heavy atom. The number of anilines is 1. The third-order valence-electron chi connectivity index (χ3n) is 3.64. The Labute approximate surface area is 152 Å². The molecule has 3 aromatic rings. The Hall–Kier alpha value is -3.31. The molecule has 3 rings (SSSR count). The van der Waals surface area contributed by atoms with Gasteiger partial charge < -0.3 is 9.84 Å². The van der Waals surface area contributed by atoms with E-state index in [-0.39, 0.29) is 17.4 Å². The molecule has 28 heavy (non-hydrogen) atoms. The number of halogens is 6. The monoisotopic (exact) mass is 404 g/mol. The second kappa shape index (κ2) is 7.02. The minimum Gasteiger partial charge on any atom is -0.364 e. The molecule has 0 saturated carbocycles. The number of aromatic nitrogens is 3. The molecule has 0 unspecified atom stereocenters. The van der Waals surface area contributed by atoms with Crippen LogP contribution in [0, 0.1) is 0 Å². The zero-order valence-corrected chi connectivity index (χ0v) is 13.7. The fourth-order valence-electron chi connectivity index (χ4n) is 2.37. The summed E-state index contributed by atoms with van der Waals surface area (Å²) in [7, 11) is 0. The maximum Gasteiger partial charge on any atom is 0.416 e. The summed E-state index contributed by atoms with van der Waals surface area (Å²) in [5.41, 5.74) is -3.07. The highest BCUT2D eigenvalue weighted by molar-refractivity contribution is 6.02. The Kier molecular flexibility index (Phi) is 4.87. The molecule has 0 radical (unpaired) electrons. The first-order chi connectivity index (χ1) is 13.0. The molecule has 2 aromatic heterocycles. The molecule has 1 aromatic carbocycles. The fourth-order valence-corrected chi connectivity index (χ4v) is 2.37. The van der Waals surface area contributed by atoms with Crippen LogP contribution in [0.4, 0.5) is 32.0 Å². The van der Waals surface area contributed by atoms with Crippen LogP contribution in [-0.2, 0) is 18.9 Å². The lowest BCUT2D eigenvalue weighted by Crippen LogP contribution is -2.15. The normalized spacial score (nSPS) is 12.2. The van der Waals surface area contributed by atoms with E-state index in [4.69, 9.17) is 0 Å². The lowest BCUT2D eigenvalue weighted by molar-refractivity contribution is -0.143. The topological polar surface area (TPSA) is 73.0 Å². The summed E-state index contributed by atoms with van der Waals surface area (Å²) in [4.78, 5) is 11.8. The van der Waals surface area contributed by atoms with Gasteiger partial charge in [-0.05, 0) is 17.7 Å². The average Bonchev–Trinajstić information content (AvgIpc) is 3.25. The number of carbonyl (C=O) groups excluding carboxylic acids is 1. The predicted octanol–water partition coefficient (Wildman–Crippen LogP) is 4.21. The second-order valence-electron chi connectivity index (χ2n) is 5.63. The van der Waals surface area contributed by atoms with E-state index in [0.29, 0.717) is 6.07 Å². The summed E-state index contributed by atoms with van der Waals surface area (Å²) < 4.78 is 83.3. The number of alkyl halides is 6. The van der Waals surface area contributed by atoms with Gasteiger partial charge in [0.25, 0.3) is 5.91 Å². The van der Waals surface area contributed by atoms with E-state index < -0.39 is 41.5 Å². The van der Waals surface area contributed by atoms with Gasteiger partial charge in [0, 0.05) is 12.3 Å². The first kappa shape index (κ1) is 19.5. The Balaban J connectivity index is 1.82. The first-order valence-electron chi connectivity index (χ1n) is 7.55. The van der Waals surface area contributed by atoms with E-state index in [0.717, 1.165) is 10.7 Å². The van der Waals surface area contributed by atoms with Crippen LogP contribution in [0.15, 0.2) is 47.4 Å². The highest BCUT2D eigenvalue weighted by Crippen LogP contribution is 2.37. The van der Waals surface area contributed by atoms with Gasteiger partial charge in [-0.25, -0.2) is 0 Å². The van der Waals surface area contributed by atoms with Crippen molar-refractivity contribution < 1.29 is 35.7 Å². The highest BCUT2D eigenvalue weighted by Gasteiger charge is 2.38. The van der Waals surface area contributed by atoms with E-state index in [1.165, 1.54) is 24.7 Å². The minimum atomic E-state index is -4.98. The van der Waals surface area contributed by atoms with E-state index in [2.05, 4.69) is 20.1 Å². The lowest BCUT2D eigenvalue weighted by atomic mass is 10.0. The number of nitrogens with one attached hydrogen (secondary N) is 1. The molecule has 6 nitrogen and oxygen atoms in total. The smallest absolute Gasteiger partial charge is 0.364 e. The van der Waals surface area contributed by atoms with E-state index >= 15 is 0 Å². The van der Waals surface area contributed by atoms with Crippen LogP contribution >= 0.6 is 0 Å². The first-order valence-corrected chi connectivity index (χ1v) is 7.55. The standard InChI is InChI=1S/C16H10F6N4O2/c17-15(18,19)10-2-1-9(12(5-10)16(20,21)22)7-26-8-11(6-23-26)24-14(27)13-3-4-28-25-13/h1-6,8H,7H2,(H,24,27). The molecular weight excluding hydrogens is 394 g/mol. The average molecular weight is 404 g/mol. The Bertz CT molecular complexity index is 976. The van der Waals surface area contributed by atoms with Gasteiger partial charge in [-0.15, -0.1) is 0 Å². The number of rotatable bonds is 4. The van der Waals surface area contributed by atoms with E-state index in [1.807, 2.05) is 0 Å². The van der Waals surface area contributed by atoms with Gasteiger partial charge >= 0.3 is 12.4 Å². The van der Waals surface area contributed by atoms with E-state index in [1.54, 1.807) is 0 Å². The molecule has 0 atom stereocenters. The fraction of sp³-hybridized carbons (Fsp3) is 0.188. The molecule has 148 valence electrons. The molecule has 0 bridgehead atoms. The van der Waals surface area contributed by atoms with E-state index in [9.17, 15) is 31.1 Å². The third-order valence-corrected chi connectivity index (χ3v) is 3.64.